The van der Waals surface area contributed by atoms with Crippen molar-refractivity contribution < 1.29 is 9.53 Å². The Kier molecular flexibility index (Phi) is 8.11. The minimum absolute atomic E-state index is 0.0787. The van der Waals surface area contributed by atoms with Gasteiger partial charge >= 0.3 is 0 Å². The molecule has 0 aliphatic rings. The molecule has 1 amide bonds. The summed E-state index contributed by atoms with van der Waals surface area (Å²) in [5.74, 6) is 2.19. The molecule has 7 heteroatoms. The number of nitrogens with one attached hydrogen (secondary N) is 1. The van der Waals surface area contributed by atoms with Crippen molar-refractivity contribution in [2.24, 2.45) is 5.92 Å². The zero-order valence-corrected chi connectivity index (χ0v) is 19.9. The van der Waals surface area contributed by atoms with E-state index in [1.165, 1.54) is 11.8 Å². The number of hydrogen-bond donors (Lipinski definition) is 1. The monoisotopic (exact) mass is 450 g/mol. The van der Waals surface area contributed by atoms with Gasteiger partial charge in [0.1, 0.15) is 5.75 Å². The zero-order chi connectivity index (χ0) is 23.1. The van der Waals surface area contributed by atoms with Crippen molar-refractivity contribution in [1.29, 1.82) is 0 Å². The van der Waals surface area contributed by atoms with Gasteiger partial charge in [0, 0.05) is 17.8 Å². The minimum atomic E-state index is -0.0787. The van der Waals surface area contributed by atoms with Crippen molar-refractivity contribution in [3.63, 3.8) is 0 Å². The highest BCUT2D eigenvalue weighted by Gasteiger charge is 2.15. The molecule has 0 saturated heterocycles. The van der Waals surface area contributed by atoms with Gasteiger partial charge in [-0.25, -0.2) is 0 Å². The maximum absolute atomic E-state index is 12.5. The van der Waals surface area contributed by atoms with Crippen LogP contribution in [0.1, 0.15) is 25.0 Å². The van der Waals surface area contributed by atoms with Gasteiger partial charge in [-0.05, 0) is 61.2 Å². The van der Waals surface area contributed by atoms with Crippen LogP contribution in [-0.4, -0.2) is 33.0 Å². The topological polar surface area (TPSA) is 69.0 Å². The van der Waals surface area contributed by atoms with Gasteiger partial charge in [0.15, 0.2) is 11.0 Å². The van der Waals surface area contributed by atoms with Crippen LogP contribution in [0, 0.1) is 19.8 Å². The number of anilines is 1. The molecule has 3 rings (SSSR count). The summed E-state index contributed by atoms with van der Waals surface area (Å²) in [5, 5.41) is 12.4. The van der Waals surface area contributed by atoms with E-state index >= 15 is 0 Å². The van der Waals surface area contributed by atoms with Crippen molar-refractivity contribution in [2.75, 3.05) is 17.7 Å². The van der Waals surface area contributed by atoms with E-state index in [2.05, 4.69) is 35.9 Å². The predicted molar refractivity (Wildman–Crippen MR) is 131 cm³/mol. The summed E-state index contributed by atoms with van der Waals surface area (Å²) in [6.07, 6.45) is 1.80. The van der Waals surface area contributed by atoms with Crippen molar-refractivity contribution >= 4 is 23.4 Å². The van der Waals surface area contributed by atoms with Crippen LogP contribution >= 0.6 is 11.8 Å². The number of carbonyl (C=O) groups is 1. The number of allylic oxidation sites excluding steroid dienone is 1. The molecule has 168 valence electrons. The van der Waals surface area contributed by atoms with Gasteiger partial charge in [-0.1, -0.05) is 43.8 Å². The molecule has 6 nitrogen and oxygen atoms in total. The molecule has 0 spiro atoms. The third-order valence-electron chi connectivity index (χ3n) is 4.72. The lowest BCUT2D eigenvalue weighted by atomic mass is 10.1. The van der Waals surface area contributed by atoms with Crippen LogP contribution in [0.15, 0.2) is 60.3 Å². The maximum atomic E-state index is 12.5. The number of hydrogen-bond acceptors (Lipinski definition) is 5. The number of aryl methyl sites for hydroxylation is 2. The van der Waals surface area contributed by atoms with Gasteiger partial charge in [-0.2, -0.15) is 0 Å². The molecule has 1 N–H and O–H groups in total. The molecule has 2 aromatic carbocycles. The molecule has 0 saturated carbocycles. The lowest BCUT2D eigenvalue weighted by Crippen LogP contribution is -2.15. The molecule has 1 heterocycles. The van der Waals surface area contributed by atoms with Crippen molar-refractivity contribution in [3.05, 3.63) is 66.2 Å². The molecule has 0 aliphatic carbocycles. The van der Waals surface area contributed by atoms with E-state index in [9.17, 15) is 4.79 Å². The summed E-state index contributed by atoms with van der Waals surface area (Å²) in [7, 11) is 0. The van der Waals surface area contributed by atoms with Crippen LogP contribution in [0.4, 0.5) is 5.69 Å². The Labute approximate surface area is 194 Å². The Morgan fingerprint density at radius 3 is 2.62 bits per heavy atom. The first-order valence-electron chi connectivity index (χ1n) is 10.6. The van der Waals surface area contributed by atoms with E-state index in [1.54, 1.807) is 6.08 Å². The fourth-order valence-electron chi connectivity index (χ4n) is 3.05. The Bertz CT molecular complexity index is 1070. The summed E-state index contributed by atoms with van der Waals surface area (Å²) in [4.78, 5) is 12.5. The summed E-state index contributed by atoms with van der Waals surface area (Å²) in [6, 6.07) is 13.8. The van der Waals surface area contributed by atoms with E-state index in [0.717, 1.165) is 34.0 Å². The molecule has 0 radical (unpaired) electrons. The number of ether oxygens (including phenoxy) is 1. The maximum Gasteiger partial charge on any atom is 0.234 e. The summed E-state index contributed by atoms with van der Waals surface area (Å²) >= 11 is 1.36. The number of nitrogens with zero attached hydrogens (tertiary/aromatic N) is 3. The van der Waals surface area contributed by atoms with Crippen LogP contribution in [-0.2, 0) is 11.3 Å². The highest BCUT2D eigenvalue weighted by atomic mass is 32.2. The average molecular weight is 451 g/mol. The first kappa shape index (κ1) is 23.6. The molecular weight excluding hydrogens is 420 g/mol. The normalized spacial score (nSPS) is 10.9. The molecular formula is C25H30N4O2S. The first-order chi connectivity index (χ1) is 15.4. The highest BCUT2D eigenvalue weighted by molar-refractivity contribution is 7.99. The SMILES string of the molecule is C=CCn1c(SCC(=O)Nc2cc(C)ccc2C)nnc1-c1ccc(OCC(C)C)cc1. The fraction of sp³-hybridized carbons (Fsp3) is 0.320. The highest BCUT2D eigenvalue weighted by Crippen LogP contribution is 2.26. The number of thioether (sulfide) groups is 1. The van der Waals surface area contributed by atoms with E-state index in [4.69, 9.17) is 4.74 Å². The third kappa shape index (κ3) is 6.23. The van der Waals surface area contributed by atoms with Gasteiger partial charge in [-0.3, -0.25) is 9.36 Å². The van der Waals surface area contributed by atoms with Crippen LogP contribution in [0.2, 0.25) is 0 Å². The summed E-state index contributed by atoms with van der Waals surface area (Å²) < 4.78 is 7.73. The van der Waals surface area contributed by atoms with Gasteiger partial charge in [0.25, 0.3) is 0 Å². The molecule has 0 unspecified atom stereocenters. The smallest absolute Gasteiger partial charge is 0.234 e. The number of aromatic nitrogens is 3. The largest absolute Gasteiger partial charge is 0.493 e. The second-order valence-electron chi connectivity index (χ2n) is 8.09. The van der Waals surface area contributed by atoms with Crippen molar-refractivity contribution in [3.8, 4) is 17.1 Å². The van der Waals surface area contributed by atoms with Crippen LogP contribution < -0.4 is 10.1 Å². The fourth-order valence-corrected chi connectivity index (χ4v) is 3.80. The van der Waals surface area contributed by atoms with Crippen LogP contribution in [0.5, 0.6) is 5.75 Å². The second kappa shape index (κ2) is 11.0. The first-order valence-corrected chi connectivity index (χ1v) is 11.6. The van der Waals surface area contributed by atoms with E-state index in [0.29, 0.717) is 24.2 Å². The minimum Gasteiger partial charge on any atom is -0.493 e. The van der Waals surface area contributed by atoms with E-state index in [1.807, 2.05) is 60.9 Å². The quantitative estimate of drug-likeness (QED) is 0.326. The molecule has 0 atom stereocenters. The molecule has 0 bridgehead atoms. The van der Waals surface area contributed by atoms with Crippen LogP contribution in [0.3, 0.4) is 0 Å². The average Bonchev–Trinajstić information content (AvgIpc) is 3.16. The number of benzene rings is 2. The van der Waals surface area contributed by atoms with E-state index < -0.39 is 0 Å². The lowest BCUT2D eigenvalue weighted by Gasteiger charge is -2.11. The standard InChI is InChI=1S/C25H30N4O2S/c1-6-13-29-24(20-9-11-21(12-10-20)31-15-17(2)3)27-28-25(29)32-16-23(30)26-22-14-18(4)7-8-19(22)5/h6-12,14,17H,1,13,15-16H2,2-5H3,(H,26,30). The lowest BCUT2D eigenvalue weighted by molar-refractivity contribution is -0.113. The summed E-state index contributed by atoms with van der Waals surface area (Å²) in [5.41, 5.74) is 3.91. The Balaban J connectivity index is 1.69. The summed E-state index contributed by atoms with van der Waals surface area (Å²) in [6.45, 7) is 13.3. The molecule has 0 fully saturated rings. The van der Waals surface area contributed by atoms with Gasteiger partial charge in [0.2, 0.25) is 5.91 Å². The van der Waals surface area contributed by atoms with Crippen molar-refractivity contribution in [2.45, 2.75) is 39.4 Å². The molecule has 32 heavy (non-hydrogen) atoms. The van der Waals surface area contributed by atoms with Crippen LogP contribution in [0.25, 0.3) is 11.4 Å². The Morgan fingerprint density at radius 2 is 1.94 bits per heavy atom. The third-order valence-corrected chi connectivity index (χ3v) is 5.69. The molecule has 1 aromatic heterocycles. The van der Waals surface area contributed by atoms with E-state index in [-0.39, 0.29) is 11.7 Å². The molecule has 3 aromatic rings. The molecule has 0 aliphatic heterocycles. The Hall–Kier alpha value is -3.06. The number of amides is 1. The predicted octanol–water partition coefficient (Wildman–Crippen LogP) is 5.51. The second-order valence-corrected chi connectivity index (χ2v) is 9.03. The zero-order valence-electron chi connectivity index (χ0n) is 19.1. The Morgan fingerprint density at radius 1 is 1.19 bits per heavy atom. The van der Waals surface area contributed by atoms with Gasteiger partial charge < -0.3 is 10.1 Å². The van der Waals surface area contributed by atoms with Gasteiger partial charge in [-0.15, -0.1) is 16.8 Å². The van der Waals surface area contributed by atoms with Crippen molar-refractivity contribution in [1.82, 2.24) is 14.8 Å². The van der Waals surface area contributed by atoms with Gasteiger partial charge in [0.05, 0.1) is 12.4 Å². The number of rotatable bonds is 10. The number of carbonyl (C=O) groups excluding carboxylic acids is 1.